The zero-order valence-corrected chi connectivity index (χ0v) is 12.0. The molecule has 1 aliphatic rings. The second-order valence-electron chi connectivity index (χ2n) is 5.43. The summed E-state index contributed by atoms with van der Waals surface area (Å²) in [6.07, 6.45) is 4.56. The Hall–Kier alpha value is -2.34. The summed E-state index contributed by atoms with van der Waals surface area (Å²) in [7, 11) is 0. The van der Waals surface area contributed by atoms with E-state index in [9.17, 15) is 9.59 Å². The van der Waals surface area contributed by atoms with Crippen molar-refractivity contribution in [3.05, 3.63) is 30.0 Å². The Morgan fingerprint density at radius 1 is 1.27 bits per heavy atom. The van der Waals surface area contributed by atoms with E-state index in [1.54, 1.807) is 18.2 Å². The number of nitrogens with one attached hydrogen (secondary N) is 1. The second-order valence-corrected chi connectivity index (χ2v) is 5.43. The molecule has 0 unspecified atom stereocenters. The van der Waals surface area contributed by atoms with Crippen LogP contribution >= 0.6 is 0 Å². The highest BCUT2D eigenvalue weighted by Crippen LogP contribution is 2.23. The Labute approximate surface area is 127 Å². The highest BCUT2D eigenvalue weighted by molar-refractivity contribution is 5.96. The van der Waals surface area contributed by atoms with Crippen LogP contribution in [0.1, 0.15) is 36.2 Å². The maximum Gasteiger partial charge on any atom is 0.371 e. The number of carbonyl (C=O) groups excluding carboxylic acids is 1. The molecule has 1 heterocycles. The molecule has 1 amide bonds. The van der Waals surface area contributed by atoms with Gasteiger partial charge in [0.15, 0.2) is 0 Å². The van der Waals surface area contributed by atoms with Gasteiger partial charge in [0.2, 0.25) is 11.7 Å². The molecular formula is C16H17NO5. The molecule has 0 aliphatic heterocycles. The van der Waals surface area contributed by atoms with E-state index >= 15 is 0 Å². The van der Waals surface area contributed by atoms with E-state index in [1.165, 1.54) is 6.07 Å². The molecule has 1 aromatic heterocycles. The molecule has 1 fully saturated rings. The molecule has 0 saturated heterocycles. The van der Waals surface area contributed by atoms with E-state index in [1.807, 2.05) is 0 Å². The molecule has 1 aliphatic carbocycles. The van der Waals surface area contributed by atoms with E-state index in [4.69, 9.17) is 14.3 Å². The fraction of sp³-hybridized carbons (Fsp3) is 0.375. The number of carboxylic acids is 1. The van der Waals surface area contributed by atoms with Crippen molar-refractivity contribution in [1.29, 1.82) is 0 Å². The molecular weight excluding hydrogens is 286 g/mol. The first-order chi connectivity index (χ1) is 10.6. The number of furan rings is 1. The van der Waals surface area contributed by atoms with Crippen LogP contribution in [-0.2, 0) is 9.53 Å². The summed E-state index contributed by atoms with van der Waals surface area (Å²) in [5, 5.41) is 12.3. The zero-order valence-electron chi connectivity index (χ0n) is 12.0. The van der Waals surface area contributed by atoms with Gasteiger partial charge in [-0.15, -0.1) is 0 Å². The lowest BCUT2D eigenvalue weighted by Crippen LogP contribution is -2.21. The minimum Gasteiger partial charge on any atom is -0.475 e. The lowest BCUT2D eigenvalue weighted by Gasteiger charge is -2.11. The number of carboxylic acid groups (broad SMARTS) is 1. The number of hydrogen-bond acceptors (Lipinski definition) is 4. The summed E-state index contributed by atoms with van der Waals surface area (Å²) in [5.74, 6) is -1.46. The number of rotatable bonds is 5. The highest BCUT2D eigenvalue weighted by atomic mass is 16.5. The topological polar surface area (TPSA) is 88.8 Å². The van der Waals surface area contributed by atoms with Crippen molar-refractivity contribution in [3.8, 4) is 0 Å². The van der Waals surface area contributed by atoms with Crippen LogP contribution in [0.25, 0.3) is 11.0 Å². The SMILES string of the molecule is O=C(COC1CCCC1)Nc1ccc2oc(C(=O)O)cc2c1. The van der Waals surface area contributed by atoms with Crippen molar-refractivity contribution in [2.24, 2.45) is 0 Å². The summed E-state index contributed by atoms with van der Waals surface area (Å²) in [6.45, 7) is 0.0362. The summed E-state index contributed by atoms with van der Waals surface area (Å²) in [5.41, 5.74) is 1.06. The number of ether oxygens (including phenoxy) is 1. The van der Waals surface area contributed by atoms with Gasteiger partial charge in [0.1, 0.15) is 12.2 Å². The van der Waals surface area contributed by atoms with E-state index in [0.717, 1.165) is 25.7 Å². The highest BCUT2D eigenvalue weighted by Gasteiger charge is 2.17. The quantitative estimate of drug-likeness (QED) is 0.886. The molecule has 22 heavy (non-hydrogen) atoms. The third kappa shape index (κ3) is 3.28. The molecule has 6 nitrogen and oxygen atoms in total. The molecule has 1 aromatic carbocycles. The maximum absolute atomic E-state index is 11.9. The first kappa shape index (κ1) is 14.6. The predicted octanol–water partition coefficient (Wildman–Crippen LogP) is 3.03. The van der Waals surface area contributed by atoms with Crippen LogP contribution in [0.4, 0.5) is 5.69 Å². The third-order valence-corrected chi connectivity index (χ3v) is 3.76. The Morgan fingerprint density at radius 2 is 2.05 bits per heavy atom. The van der Waals surface area contributed by atoms with Gasteiger partial charge in [0, 0.05) is 11.1 Å². The molecule has 6 heteroatoms. The summed E-state index contributed by atoms with van der Waals surface area (Å²) >= 11 is 0. The number of anilines is 1. The minimum atomic E-state index is -1.12. The Balaban J connectivity index is 1.62. The monoisotopic (exact) mass is 303 g/mol. The maximum atomic E-state index is 11.9. The lowest BCUT2D eigenvalue weighted by atomic mass is 10.2. The molecule has 0 bridgehead atoms. The molecule has 0 atom stereocenters. The van der Waals surface area contributed by atoms with Gasteiger partial charge in [-0.3, -0.25) is 4.79 Å². The summed E-state index contributed by atoms with van der Waals surface area (Å²) in [6, 6.07) is 6.42. The van der Waals surface area contributed by atoms with Gasteiger partial charge in [-0.05, 0) is 37.1 Å². The molecule has 116 valence electrons. The normalized spacial score (nSPS) is 15.3. The van der Waals surface area contributed by atoms with Crippen LogP contribution in [0.3, 0.4) is 0 Å². The second kappa shape index (κ2) is 6.19. The van der Waals surface area contributed by atoms with Gasteiger partial charge in [-0.25, -0.2) is 4.79 Å². The first-order valence-electron chi connectivity index (χ1n) is 7.30. The third-order valence-electron chi connectivity index (χ3n) is 3.76. The molecule has 0 spiro atoms. The number of amides is 1. The van der Waals surface area contributed by atoms with E-state index in [2.05, 4.69) is 5.32 Å². The zero-order chi connectivity index (χ0) is 15.5. The van der Waals surface area contributed by atoms with Crippen LogP contribution in [0.2, 0.25) is 0 Å². The average Bonchev–Trinajstić information content (AvgIpc) is 3.14. The molecule has 2 N–H and O–H groups in total. The lowest BCUT2D eigenvalue weighted by molar-refractivity contribution is -0.122. The van der Waals surface area contributed by atoms with Crippen molar-refractivity contribution in [1.82, 2.24) is 0 Å². The first-order valence-corrected chi connectivity index (χ1v) is 7.30. The smallest absolute Gasteiger partial charge is 0.371 e. The fourth-order valence-electron chi connectivity index (χ4n) is 2.67. The Bertz CT molecular complexity index is 700. The van der Waals surface area contributed by atoms with Crippen LogP contribution in [-0.4, -0.2) is 29.7 Å². The van der Waals surface area contributed by atoms with E-state index in [-0.39, 0.29) is 24.4 Å². The number of benzene rings is 1. The Kier molecular flexibility index (Phi) is 4.11. The Morgan fingerprint density at radius 3 is 2.77 bits per heavy atom. The van der Waals surface area contributed by atoms with Crippen molar-refractivity contribution in [3.63, 3.8) is 0 Å². The largest absolute Gasteiger partial charge is 0.475 e. The molecule has 0 radical (unpaired) electrons. The minimum absolute atomic E-state index is 0.0362. The van der Waals surface area contributed by atoms with E-state index in [0.29, 0.717) is 16.7 Å². The summed E-state index contributed by atoms with van der Waals surface area (Å²) < 4.78 is 10.7. The van der Waals surface area contributed by atoms with Crippen LogP contribution < -0.4 is 5.32 Å². The van der Waals surface area contributed by atoms with Gasteiger partial charge in [-0.1, -0.05) is 12.8 Å². The van der Waals surface area contributed by atoms with Crippen LogP contribution in [0.15, 0.2) is 28.7 Å². The number of carbonyl (C=O) groups is 2. The van der Waals surface area contributed by atoms with Crippen LogP contribution in [0.5, 0.6) is 0 Å². The molecule has 2 aromatic rings. The van der Waals surface area contributed by atoms with Crippen molar-refractivity contribution >= 4 is 28.5 Å². The van der Waals surface area contributed by atoms with Crippen molar-refractivity contribution in [2.45, 2.75) is 31.8 Å². The van der Waals surface area contributed by atoms with Crippen molar-refractivity contribution in [2.75, 3.05) is 11.9 Å². The molecule has 1 saturated carbocycles. The molecule has 3 rings (SSSR count). The van der Waals surface area contributed by atoms with Gasteiger partial charge in [0.25, 0.3) is 0 Å². The van der Waals surface area contributed by atoms with Gasteiger partial charge < -0.3 is 19.6 Å². The fourth-order valence-corrected chi connectivity index (χ4v) is 2.67. The number of hydrogen-bond donors (Lipinski definition) is 2. The predicted molar refractivity (Wildman–Crippen MR) is 80.0 cm³/mol. The average molecular weight is 303 g/mol. The van der Waals surface area contributed by atoms with Gasteiger partial charge in [-0.2, -0.15) is 0 Å². The number of fused-ring (bicyclic) bond motifs is 1. The van der Waals surface area contributed by atoms with Crippen molar-refractivity contribution < 1.29 is 23.8 Å². The van der Waals surface area contributed by atoms with Crippen LogP contribution in [0, 0.1) is 0 Å². The van der Waals surface area contributed by atoms with Gasteiger partial charge >= 0.3 is 5.97 Å². The standard InChI is InChI=1S/C16H17NO5/c18-15(9-21-12-3-1-2-4-12)17-11-5-6-13-10(7-11)8-14(22-13)16(19)20/h5-8,12H,1-4,9H2,(H,17,18)(H,19,20). The number of aromatic carboxylic acids is 1. The van der Waals surface area contributed by atoms with Gasteiger partial charge in [0.05, 0.1) is 6.10 Å². The van der Waals surface area contributed by atoms with E-state index < -0.39 is 5.97 Å². The summed E-state index contributed by atoms with van der Waals surface area (Å²) in [4.78, 5) is 22.7.